The van der Waals surface area contributed by atoms with Gasteiger partial charge < -0.3 is 21.3 Å². The van der Waals surface area contributed by atoms with Crippen LogP contribution in [0.15, 0.2) is 77.7 Å². The van der Waals surface area contributed by atoms with Crippen LogP contribution in [0.4, 0.5) is 23.5 Å². The molecule has 0 atom stereocenters. The van der Waals surface area contributed by atoms with Gasteiger partial charge in [-0.25, -0.2) is 13.1 Å². The van der Waals surface area contributed by atoms with Crippen LogP contribution in [0.2, 0.25) is 0 Å². The third-order valence-corrected chi connectivity index (χ3v) is 10.0. The molecule has 12 nitrogen and oxygen atoms in total. The molecule has 1 aliphatic rings. The van der Waals surface area contributed by atoms with Crippen LogP contribution in [-0.4, -0.2) is 41.7 Å². The minimum atomic E-state index is -3.93. The number of aromatic nitrogens is 3. The highest BCUT2D eigenvalue weighted by molar-refractivity contribution is 7.90. The summed E-state index contributed by atoms with van der Waals surface area (Å²) in [4.78, 5) is 38.0. The molecule has 2 amide bonds. The first-order valence-corrected chi connectivity index (χ1v) is 17.5. The number of carbonyl (C=O) groups excluding carboxylic acids is 2. The van der Waals surface area contributed by atoms with Crippen molar-refractivity contribution < 1.29 is 18.0 Å². The van der Waals surface area contributed by atoms with E-state index in [0.29, 0.717) is 49.1 Å². The second kappa shape index (κ2) is 15.7. The number of anilines is 4. The summed E-state index contributed by atoms with van der Waals surface area (Å²) in [6, 6.07) is 22.1. The quantitative estimate of drug-likeness (QED) is 0.124. The van der Waals surface area contributed by atoms with E-state index >= 15 is 0 Å². The number of sulfonamides is 1. The van der Waals surface area contributed by atoms with Crippen LogP contribution in [0.25, 0.3) is 0 Å². The average molecular weight is 671 g/mol. The number of aryl methyl sites for hydroxylation is 1. The Morgan fingerprint density at radius 2 is 1.38 bits per heavy atom. The number of hydrogen-bond donors (Lipinski definition) is 5. The van der Waals surface area contributed by atoms with Crippen molar-refractivity contribution in [3.8, 4) is 0 Å². The second-order valence-electron chi connectivity index (χ2n) is 12.1. The first-order valence-electron chi connectivity index (χ1n) is 16.1. The van der Waals surface area contributed by atoms with E-state index < -0.39 is 15.9 Å². The smallest absolute Gasteiger partial charge is 0.264 e. The Hall–Kier alpha value is -5.04. The van der Waals surface area contributed by atoms with E-state index in [1.165, 1.54) is 41.0 Å². The molecule has 5 rings (SSSR count). The van der Waals surface area contributed by atoms with Crippen molar-refractivity contribution in [2.45, 2.75) is 64.4 Å². The van der Waals surface area contributed by atoms with Crippen molar-refractivity contribution in [2.24, 2.45) is 11.8 Å². The van der Waals surface area contributed by atoms with Gasteiger partial charge in [-0.3, -0.25) is 9.59 Å². The number of benzene rings is 3. The van der Waals surface area contributed by atoms with Gasteiger partial charge in [0.2, 0.25) is 29.7 Å². The van der Waals surface area contributed by atoms with Gasteiger partial charge in [0, 0.05) is 38.2 Å². The van der Waals surface area contributed by atoms with Gasteiger partial charge in [-0.1, -0.05) is 48.5 Å². The largest absolute Gasteiger partial charge is 0.354 e. The molecule has 0 spiro atoms. The summed E-state index contributed by atoms with van der Waals surface area (Å²) in [5.41, 5.74) is 5.26. The lowest BCUT2D eigenvalue weighted by atomic mass is 9.81. The van der Waals surface area contributed by atoms with Gasteiger partial charge in [0.1, 0.15) is 0 Å². The maximum absolute atomic E-state index is 13.0. The van der Waals surface area contributed by atoms with Gasteiger partial charge in [-0.2, -0.15) is 15.0 Å². The third kappa shape index (κ3) is 9.50. The van der Waals surface area contributed by atoms with Crippen molar-refractivity contribution in [1.82, 2.24) is 19.7 Å². The SMILES string of the molecule is CC(=O)NS(=O)(=O)c1ccc(NC(=O)C2CCC(CNc3nc(NCc4ccccc4)nc(NCc4cccc(C)c4C)n3)CC2)cc1. The number of nitrogens with one attached hydrogen (secondary N) is 5. The van der Waals surface area contributed by atoms with Crippen LogP contribution in [0.1, 0.15) is 54.9 Å². The Bertz CT molecular complexity index is 1830. The van der Waals surface area contributed by atoms with Gasteiger partial charge in [0.25, 0.3) is 10.0 Å². The third-order valence-electron chi connectivity index (χ3n) is 8.56. The van der Waals surface area contributed by atoms with Crippen molar-refractivity contribution in [3.05, 3.63) is 95.1 Å². The molecule has 1 aliphatic carbocycles. The molecular formula is C35H42N8O4S. The zero-order valence-electron chi connectivity index (χ0n) is 27.4. The highest BCUT2D eigenvalue weighted by atomic mass is 32.2. The van der Waals surface area contributed by atoms with Crippen LogP contribution in [0, 0.1) is 25.7 Å². The maximum Gasteiger partial charge on any atom is 0.264 e. The number of carbonyl (C=O) groups is 2. The van der Waals surface area contributed by atoms with Crippen LogP contribution < -0.4 is 26.0 Å². The summed E-state index contributed by atoms with van der Waals surface area (Å²) in [5, 5.41) is 13.0. The van der Waals surface area contributed by atoms with E-state index in [0.717, 1.165) is 38.2 Å². The molecule has 1 saturated carbocycles. The van der Waals surface area contributed by atoms with Gasteiger partial charge in [-0.05, 0) is 92.0 Å². The molecular weight excluding hydrogens is 629 g/mol. The first-order chi connectivity index (χ1) is 23.1. The molecule has 0 radical (unpaired) electrons. The monoisotopic (exact) mass is 670 g/mol. The lowest BCUT2D eigenvalue weighted by Crippen LogP contribution is -2.29. The van der Waals surface area contributed by atoms with Crippen molar-refractivity contribution >= 4 is 45.4 Å². The lowest BCUT2D eigenvalue weighted by Gasteiger charge is -2.28. The van der Waals surface area contributed by atoms with E-state index in [1.807, 2.05) is 41.1 Å². The Labute approximate surface area is 281 Å². The molecule has 0 bridgehead atoms. The molecule has 5 N–H and O–H groups in total. The van der Waals surface area contributed by atoms with Crippen LogP contribution in [0.3, 0.4) is 0 Å². The van der Waals surface area contributed by atoms with Crippen LogP contribution in [0.5, 0.6) is 0 Å². The summed E-state index contributed by atoms with van der Waals surface area (Å²) < 4.78 is 26.3. The van der Waals surface area contributed by atoms with E-state index in [9.17, 15) is 18.0 Å². The van der Waals surface area contributed by atoms with E-state index in [4.69, 9.17) is 0 Å². The van der Waals surface area contributed by atoms with Crippen molar-refractivity contribution in [1.29, 1.82) is 0 Å². The molecule has 48 heavy (non-hydrogen) atoms. The lowest BCUT2D eigenvalue weighted by molar-refractivity contribution is -0.121. The average Bonchev–Trinajstić information content (AvgIpc) is 3.07. The minimum absolute atomic E-state index is 0.0507. The number of amides is 2. The maximum atomic E-state index is 13.0. The van der Waals surface area contributed by atoms with Crippen LogP contribution in [-0.2, 0) is 32.7 Å². The van der Waals surface area contributed by atoms with Crippen LogP contribution >= 0.6 is 0 Å². The zero-order valence-corrected chi connectivity index (χ0v) is 28.2. The molecule has 0 aliphatic heterocycles. The van der Waals surface area contributed by atoms with Crippen molar-refractivity contribution in [3.63, 3.8) is 0 Å². The molecule has 13 heteroatoms. The molecule has 0 unspecified atom stereocenters. The van der Waals surface area contributed by atoms with Gasteiger partial charge in [0.05, 0.1) is 4.90 Å². The Balaban J connectivity index is 1.16. The summed E-state index contributed by atoms with van der Waals surface area (Å²) in [5.74, 6) is 0.869. The molecule has 3 aromatic carbocycles. The molecule has 0 saturated heterocycles. The van der Waals surface area contributed by atoms with E-state index in [-0.39, 0.29) is 16.7 Å². The summed E-state index contributed by atoms with van der Waals surface area (Å²) in [7, 11) is -3.93. The number of nitrogens with zero attached hydrogens (tertiary/aromatic N) is 3. The predicted octanol–water partition coefficient (Wildman–Crippen LogP) is 5.39. The van der Waals surface area contributed by atoms with Gasteiger partial charge in [-0.15, -0.1) is 0 Å². The Morgan fingerprint density at radius 1 is 0.750 bits per heavy atom. The molecule has 1 fully saturated rings. The molecule has 4 aromatic rings. The number of rotatable bonds is 13. The van der Waals surface area contributed by atoms with Gasteiger partial charge in [0.15, 0.2) is 0 Å². The topological polar surface area (TPSA) is 167 Å². The Kier molecular flexibility index (Phi) is 11.2. The molecule has 1 aromatic heterocycles. The van der Waals surface area contributed by atoms with Gasteiger partial charge >= 0.3 is 0 Å². The van der Waals surface area contributed by atoms with E-state index in [1.54, 1.807) is 0 Å². The number of hydrogen-bond acceptors (Lipinski definition) is 10. The normalized spacial score (nSPS) is 16.1. The Morgan fingerprint density at radius 3 is 2.02 bits per heavy atom. The summed E-state index contributed by atoms with van der Waals surface area (Å²) in [6.45, 7) is 7.17. The van der Waals surface area contributed by atoms with E-state index in [2.05, 4.69) is 62.2 Å². The highest BCUT2D eigenvalue weighted by Gasteiger charge is 2.27. The summed E-state index contributed by atoms with van der Waals surface area (Å²) >= 11 is 0. The van der Waals surface area contributed by atoms with Crippen molar-refractivity contribution in [2.75, 3.05) is 27.8 Å². The zero-order chi connectivity index (χ0) is 34.1. The fourth-order valence-corrected chi connectivity index (χ4v) is 6.63. The fraction of sp³-hybridized carbons (Fsp3) is 0.343. The first kappa shape index (κ1) is 34.3. The minimum Gasteiger partial charge on any atom is -0.354 e. The highest BCUT2D eigenvalue weighted by Crippen LogP contribution is 2.30. The fourth-order valence-electron chi connectivity index (χ4n) is 5.64. The predicted molar refractivity (Wildman–Crippen MR) is 187 cm³/mol. The standard InChI is InChI=1S/C35H42N8O4S/c1-23-8-7-11-29(24(23)2)22-38-35-41-33(36-20-26-9-5-4-6-10-26)40-34(42-35)37-21-27-12-14-28(15-13-27)32(45)39-30-16-18-31(19-17-30)48(46,47)43-25(3)44/h4-11,16-19,27-28H,12-15,20-22H2,1-3H3,(H,39,45)(H,43,44)(H3,36,37,38,40,41,42). The summed E-state index contributed by atoms with van der Waals surface area (Å²) in [6.07, 6.45) is 3.19. The molecule has 1 heterocycles. The molecule has 252 valence electrons. The second-order valence-corrected chi connectivity index (χ2v) is 13.8.